The summed E-state index contributed by atoms with van der Waals surface area (Å²) in [6, 6.07) is 11.6. The van der Waals surface area contributed by atoms with Gasteiger partial charge < -0.3 is 10.2 Å². The number of ether oxygens (including phenoxy) is 1. The van der Waals surface area contributed by atoms with Crippen LogP contribution in [0.3, 0.4) is 0 Å². The van der Waals surface area contributed by atoms with E-state index in [1.165, 1.54) is 5.56 Å². The zero-order chi connectivity index (χ0) is 12.1. The van der Waals surface area contributed by atoms with Crippen LogP contribution in [0, 0.1) is 6.92 Å². The Kier molecular flexibility index (Phi) is 3.57. The van der Waals surface area contributed by atoms with Gasteiger partial charge in [-0.1, -0.05) is 17.7 Å². The molecule has 0 aliphatic carbocycles. The number of anilines is 1. The van der Waals surface area contributed by atoms with Gasteiger partial charge in [-0.25, -0.2) is 0 Å². The molecule has 2 rings (SSSR count). The van der Waals surface area contributed by atoms with E-state index in [4.69, 9.17) is 10.6 Å². The largest absolute Gasteiger partial charge is 0.487 e. The molecular weight excluding hydrogens is 214 g/mol. The fourth-order valence-corrected chi connectivity index (χ4v) is 1.44. The highest BCUT2D eigenvalue weighted by Crippen LogP contribution is 2.14. The highest BCUT2D eigenvalue weighted by Gasteiger charge is 1.98. The van der Waals surface area contributed by atoms with Crippen LogP contribution in [0.25, 0.3) is 0 Å². The molecule has 0 bridgehead atoms. The lowest BCUT2D eigenvalue weighted by Gasteiger charge is -2.07. The second-order valence-corrected chi connectivity index (χ2v) is 3.78. The number of nitrogens with zero attached hydrogens (tertiary/aromatic N) is 1. The van der Waals surface area contributed by atoms with Gasteiger partial charge in [-0.3, -0.25) is 10.8 Å². The molecule has 0 radical (unpaired) electrons. The van der Waals surface area contributed by atoms with Crippen molar-refractivity contribution >= 4 is 5.69 Å². The quantitative estimate of drug-likeness (QED) is 0.623. The summed E-state index contributed by atoms with van der Waals surface area (Å²) in [5.74, 6) is 6.16. The molecule has 0 saturated heterocycles. The number of aromatic nitrogens is 1. The number of benzene rings is 1. The van der Waals surface area contributed by atoms with Crippen molar-refractivity contribution in [2.75, 3.05) is 5.43 Å². The van der Waals surface area contributed by atoms with Gasteiger partial charge in [0, 0.05) is 6.20 Å². The Bertz CT molecular complexity index is 482. The molecule has 17 heavy (non-hydrogen) atoms. The fraction of sp³-hybridized carbons (Fsp3) is 0.154. The number of pyridine rings is 1. The van der Waals surface area contributed by atoms with Gasteiger partial charge in [0.15, 0.2) is 0 Å². The van der Waals surface area contributed by atoms with E-state index < -0.39 is 0 Å². The summed E-state index contributed by atoms with van der Waals surface area (Å²) in [7, 11) is 0. The highest BCUT2D eigenvalue weighted by molar-refractivity contribution is 5.41. The van der Waals surface area contributed by atoms with Crippen LogP contribution in [0.4, 0.5) is 5.69 Å². The van der Waals surface area contributed by atoms with E-state index in [-0.39, 0.29) is 0 Å². The third kappa shape index (κ3) is 3.19. The predicted molar refractivity (Wildman–Crippen MR) is 67.6 cm³/mol. The number of hydrogen-bond donors (Lipinski definition) is 2. The van der Waals surface area contributed by atoms with Gasteiger partial charge in [0.05, 0.1) is 11.4 Å². The summed E-state index contributed by atoms with van der Waals surface area (Å²) < 4.78 is 5.62. The van der Waals surface area contributed by atoms with Crippen LogP contribution in [0.5, 0.6) is 5.75 Å². The van der Waals surface area contributed by atoms with Crippen LogP contribution in [0.1, 0.15) is 11.3 Å². The first kappa shape index (κ1) is 11.4. The first-order valence-electron chi connectivity index (χ1n) is 5.39. The Morgan fingerprint density at radius 2 is 2.00 bits per heavy atom. The molecule has 4 nitrogen and oxygen atoms in total. The third-order valence-electron chi connectivity index (χ3n) is 2.39. The Morgan fingerprint density at radius 3 is 2.71 bits per heavy atom. The summed E-state index contributed by atoms with van der Waals surface area (Å²) >= 11 is 0. The first-order valence-corrected chi connectivity index (χ1v) is 5.39. The van der Waals surface area contributed by atoms with E-state index in [1.54, 1.807) is 12.3 Å². The lowest BCUT2D eigenvalue weighted by atomic mass is 10.2. The summed E-state index contributed by atoms with van der Waals surface area (Å²) in [6.07, 6.45) is 1.70. The lowest BCUT2D eigenvalue weighted by Crippen LogP contribution is -2.08. The van der Waals surface area contributed by atoms with Gasteiger partial charge in [0.25, 0.3) is 0 Å². The Balaban J connectivity index is 1.99. The van der Waals surface area contributed by atoms with Crippen molar-refractivity contribution in [2.45, 2.75) is 13.5 Å². The molecule has 0 amide bonds. The van der Waals surface area contributed by atoms with Crippen LogP contribution >= 0.6 is 0 Å². The minimum Gasteiger partial charge on any atom is -0.487 e. The minimum atomic E-state index is 0.429. The maximum atomic E-state index is 5.62. The molecule has 0 fully saturated rings. The molecule has 3 N–H and O–H groups in total. The summed E-state index contributed by atoms with van der Waals surface area (Å²) in [4.78, 5) is 4.20. The Hall–Kier alpha value is -2.07. The van der Waals surface area contributed by atoms with Crippen molar-refractivity contribution in [3.05, 3.63) is 53.9 Å². The van der Waals surface area contributed by atoms with E-state index in [2.05, 4.69) is 10.4 Å². The molecule has 4 heteroatoms. The number of hydrazine groups is 1. The second-order valence-electron chi connectivity index (χ2n) is 3.78. The van der Waals surface area contributed by atoms with Gasteiger partial charge in [0.2, 0.25) is 0 Å². The average molecular weight is 229 g/mol. The fourth-order valence-electron chi connectivity index (χ4n) is 1.44. The van der Waals surface area contributed by atoms with E-state index >= 15 is 0 Å². The molecule has 0 spiro atoms. The topological polar surface area (TPSA) is 60.2 Å². The van der Waals surface area contributed by atoms with Crippen LogP contribution in [0.2, 0.25) is 0 Å². The number of nitrogens with one attached hydrogen (secondary N) is 1. The summed E-state index contributed by atoms with van der Waals surface area (Å²) in [5, 5.41) is 0. The van der Waals surface area contributed by atoms with Crippen LogP contribution in [-0.2, 0) is 6.61 Å². The van der Waals surface area contributed by atoms with Crippen molar-refractivity contribution in [3.8, 4) is 5.75 Å². The molecule has 1 aromatic heterocycles. The molecule has 1 aromatic carbocycles. The zero-order valence-corrected chi connectivity index (χ0v) is 9.68. The normalized spacial score (nSPS) is 10.0. The molecule has 0 atom stereocenters. The van der Waals surface area contributed by atoms with E-state index in [0.717, 1.165) is 17.1 Å². The van der Waals surface area contributed by atoms with Crippen LogP contribution in [0.15, 0.2) is 42.6 Å². The van der Waals surface area contributed by atoms with Crippen LogP contribution in [-0.4, -0.2) is 4.98 Å². The smallest absolute Gasteiger partial charge is 0.130 e. The number of hydrogen-bond acceptors (Lipinski definition) is 4. The minimum absolute atomic E-state index is 0.429. The number of aryl methyl sites for hydroxylation is 1. The molecule has 88 valence electrons. The van der Waals surface area contributed by atoms with Gasteiger partial charge in [-0.15, -0.1) is 0 Å². The van der Waals surface area contributed by atoms with E-state index in [0.29, 0.717) is 6.61 Å². The van der Waals surface area contributed by atoms with Gasteiger partial charge in [0.1, 0.15) is 12.4 Å². The van der Waals surface area contributed by atoms with E-state index in [1.807, 2.05) is 37.3 Å². The van der Waals surface area contributed by atoms with Crippen molar-refractivity contribution in [3.63, 3.8) is 0 Å². The van der Waals surface area contributed by atoms with Crippen LogP contribution < -0.4 is 16.0 Å². The van der Waals surface area contributed by atoms with Crippen molar-refractivity contribution in [1.29, 1.82) is 0 Å². The third-order valence-corrected chi connectivity index (χ3v) is 2.39. The summed E-state index contributed by atoms with van der Waals surface area (Å²) in [6.45, 7) is 2.47. The molecular formula is C13H15N3O. The molecule has 2 aromatic rings. The Morgan fingerprint density at radius 1 is 1.24 bits per heavy atom. The first-order chi connectivity index (χ1) is 8.28. The molecule has 1 heterocycles. The molecule has 0 aliphatic rings. The lowest BCUT2D eigenvalue weighted by molar-refractivity contribution is 0.301. The number of rotatable bonds is 4. The monoisotopic (exact) mass is 229 g/mol. The maximum absolute atomic E-state index is 5.62. The van der Waals surface area contributed by atoms with Gasteiger partial charge in [-0.05, 0) is 31.2 Å². The van der Waals surface area contributed by atoms with Crippen molar-refractivity contribution in [1.82, 2.24) is 4.98 Å². The maximum Gasteiger partial charge on any atom is 0.130 e. The van der Waals surface area contributed by atoms with Crippen molar-refractivity contribution in [2.24, 2.45) is 5.84 Å². The molecule has 0 unspecified atom stereocenters. The predicted octanol–water partition coefficient (Wildman–Crippen LogP) is 2.25. The van der Waals surface area contributed by atoms with E-state index in [9.17, 15) is 0 Å². The van der Waals surface area contributed by atoms with Gasteiger partial charge in [-0.2, -0.15) is 0 Å². The standard InChI is InChI=1S/C13H15N3O/c1-10-2-4-13(5-3-10)17-9-12-8-11(16-14)6-7-15-12/h2-8H,9,14H2,1H3,(H,15,16). The molecule has 0 aliphatic heterocycles. The van der Waals surface area contributed by atoms with Crippen molar-refractivity contribution < 1.29 is 4.74 Å². The highest BCUT2D eigenvalue weighted by atomic mass is 16.5. The Labute approximate surface area is 100 Å². The van der Waals surface area contributed by atoms with Gasteiger partial charge >= 0.3 is 0 Å². The zero-order valence-electron chi connectivity index (χ0n) is 9.68. The average Bonchev–Trinajstić information content (AvgIpc) is 2.38. The summed E-state index contributed by atoms with van der Waals surface area (Å²) in [5.41, 5.74) is 5.45. The number of nitrogen functional groups attached to an aromatic ring is 1. The molecule has 0 saturated carbocycles. The SMILES string of the molecule is Cc1ccc(OCc2cc(NN)ccn2)cc1. The second kappa shape index (κ2) is 5.32. The number of nitrogens with two attached hydrogens (primary N) is 1.